The Morgan fingerprint density at radius 3 is 2.11 bits per heavy atom. The molecule has 1 N–H and O–H groups in total. The van der Waals surface area contributed by atoms with Gasteiger partial charge in [0.25, 0.3) is 0 Å². The highest BCUT2D eigenvalue weighted by atomic mass is 16.4. The van der Waals surface area contributed by atoms with Gasteiger partial charge in [-0.05, 0) is 34.5 Å². The van der Waals surface area contributed by atoms with Gasteiger partial charge in [0, 0.05) is 6.08 Å². The minimum atomic E-state index is -0.879. The molecule has 2 heteroatoms. The second-order valence-electron chi connectivity index (χ2n) is 6.43. The first-order chi connectivity index (χ1) is 8.70. The molecule has 1 aromatic carbocycles. The summed E-state index contributed by atoms with van der Waals surface area (Å²) in [5, 5.41) is 8.97. The third-order valence-corrected chi connectivity index (χ3v) is 3.05. The number of rotatable bonds is 4. The van der Waals surface area contributed by atoms with Gasteiger partial charge in [-0.2, -0.15) is 0 Å². The van der Waals surface area contributed by atoms with Gasteiger partial charge in [0.2, 0.25) is 0 Å². The van der Waals surface area contributed by atoms with Gasteiger partial charge in [-0.3, -0.25) is 0 Å². The summed E-state index contributed by atoms with van der Waals surface area (Å²) < 4.78 is 0. The van der Waals surface area contributed by atoms with Crippen molar-refractivity contribution in [2.75, 3.05) is 0 Å². The Labute approximate surface area is 116 Å². The topological polar surface area (TPSA) is 37.3 Å². The summed E-state index contributed by atoms with van der Waals surface area (Å²) in [6.45, 7) is 10.7. The molecule has 0 atom stereocenters. The highest BCUT2D eigenvalue weighted by Gasteiger charge is 2.14. The number of carboxylic acids is 1. The average molecular weight is 260 g/mol. The van der Waals surface area contributed by atoms with Crippen molar-refractivity contribution in [3.8, 4) is 0 Å². The summed E-state index contributed by atoms with van der Waals surface area (Å²) in [7, 11) is 0. The van der Waals surface area contributed by atoms with Crippen molar-refractivity contribution < 1.29 is 9.90 Å². The van der Waals surface area contributed by atoms with E-state index in [1.165, 1.54) is 11.6 Å². The monoisotopic (exact) mass is 260 g/mol. The Morgan fingerprint density at radius 1 is 1.21 bits per heavy atom. The predicted molar refractivity (Wildman–Crippen MR) is 80.2 cm³/mol. The Balaban J connectivity index is 3.08. The standard InChI is InChI=1S/C17H24O2/c1-12(2)10-14(11-16(18)19)13-6-8-15(9-7-13)17(3,4)5/h6-9,11-12H,10H2,1-5H3,(H,18,19)/b14-11+. The van der Waals surface area contributed by atoms with Crippen LogP contribution in [0.15, 0.2) is 30.3 Å². The fraction of sp³-hybridized carbons (Fsp3) is 0.471. The molecule has 1 rings (SSSR count). The summed E-state index contributed by atoms with van der Waals surface area (Å²) in [5.74, 6) is -0.441. The van der Waals surface area contributed by atoms with Crippen molar-refractivity contribution in [1.29, 1.82) is 0 Å². The van der Waals surface area contributed by atoms with E-state index in [9.17, 15) is 4.79 Å². The van der Waals surface area contributed by atoms with E-state index < -0.39 is 5.97 Å². The van der Waals surface area contributed by atoms with Gasteiger partial charge in [0.15, 0.2) is 0 Å². The fourth-order valence-corrected chi connectivity index (χ4v) is 2.03. The van der Waals surface area contributed by atoms with E-state index in [0.717, 1.165) is 17.6 Å². The molecule has 0 amide bonds. The van der Waals surface area contributed by atoms with E-state index in [0.29, 0.717) is 5.92 Å². The molecule has 0 aliphatic heterocycles. The van der Waals surface area contributed by atoms with Crippen LogP contribution < -0.4 is 0 Å². The fourth-order valence-electron chi connectivity index (χ4n) is 2.03. The van der Waals surface area contributed by atoms with Crippen LogP contribution in [0.3, 0.4) is 0 Å². The first kappa shape index (κ1) is 15.5. The Morgan fingerprint density at radius 2 is 1.74 bits per heavy atom. The molecule has 1 aromatic rings. The Kier molecular flexibility index (Phi) is 4.93. The number of carboxylic acid groups (broad SMARTS) is 1. The van der Waals surface area contributed by atoms with Crippen LogP contribution in [0.1, 0.15) is 52.2 Å². The third kappa shape index (κ3) is 4.90. The molecule has 0 fully saturated rings. The highest BCUT2D eigenvalue weighted by molar-refractivity contribution is 5.90. The zero-order valence-electron chi connectivity index (χ0n) is 12.5. The predicted octanol–water partition coefficient (Wildman–Crippen LogP) is 4.50. The number of benzene rings is 1. The lowest BCUT2D eigenvalue weighted by Crippen LogP contribution is -2.10. The van der Waals surface area contributed by atoms with Crippen molar-refractivity contribution in [3.63, 3.8) is 0 Å². The number of allylic oxidation sites excluding steroid dienone is 1. The SMILES string of the molecule is CC(C)C/C(=C\C(=O)O)c1ccc(C(C)(C)C)cc1. The third-order valence-electron chi connectivity index (χ3n) is 3.05. The van der Waals surface area contributed by atoms with Crippen LogP contribution in [0, 0.1) is 5.92 Å². The van der Waals surface area contributed by atoms with Crippen LogP contribution >= 0.6 is 0 Å². The molecule has 0 unspecified atom stereocenters. The van der Waals surface area contributed by atoms with Crippen LogP contribution in [0.25, 0.3) is 5.57 Å². The number of hydrogen-bond donors (Lipinski definition) is 1. The van der Waals surface area contributed by atoms with Gasteiger partial charge in [-0.15, -0.1) is 0 Å². The molecule has 0 aliphatic rings. The van der Waals surface area contributed by atoms with Crippen LogP contribution in [0.5, 0.6) is 0 Å². The number of aliphatic carboxylic acids is 1. The highest BCUT2D eigenvalue weighted by Crippen LogP contribution is 2.27. The first-order valence-electron chi connectivity index (χ1n) is 6.74. The zero-order chi connectivity index (χ0) is 14.6. The Hall–Kier alpha value is -1.57. The van der Waals surface area contributed by atoms with Crippen LogP contribution in [-0.2, 0) is 10.2 Å². The molecule has 0 radical (unpaired) electrons. The molecular weight excluding hydrogens is 236 g/mol. The van der Waals surface area contributed by atoms with Crippen molar-refractivity contribution in [3.05, 3.63) is 41.5 Å². The van der Waals surface area contributed by atoms with E-state index in [2.05, 4.69) is 46.8 Å². The van der Waals surface area contributed by atoms with Gasteiger partial charge in [-0.25, -0.2) is 4.79 Å². The van der Waals surface area contributed by atoms with E-state index >= 15 is 0 Å². The second-order valence-corrected chi connectivity index (χ2v) is 6.43. The summed E-state index contributed by atoms with van der Waals surface area (Å²) in [6, 6.07) is 8.23. The molecular formula is C17H24O2. The summed E-state index contributed by atoms with van der Waals surface area (Å²) in [4.78, 5) is 10.9. The molecule has 0 saturated heterocycles. The van der Waals surface area contributed by atoms with Crippen molar-refractivity contribution in [2.45, 2.75) is 46.5 Å². The Bertz CT molecular complexity index is 459. The maximum atomic E-state index is 10.9. The first-order valence-corrected chi connectivity index (χ1v) is 6.74. The van der Waals surface area contributed by atoms with Crippen molar-refractivity contribution in [1.82, 2.24) is 0 Å². The van der Waals surface area contributed by atoms with Gasteiger partial charge in [-0.1, -0.05) is 58.9 Å². The van der Waals surface area contributed by atoms with Crippen LogP contribution in [0.4, 0.5) is 0 Å². The molecule has 2 nitrogen and oxygen atoms in total. The van der Waals surface area contributed by atoms with E-state index in [1.54, 1.807) is 0 Å². The maximum Gasteiger partial charge on any atom is 0.328 e. The van der Waals surface area contributed by atoms with Crippen LogP contribution in [0.2, 0.25) is 0 Å². The number of hydrogen-bond acceptors (Lipinski definition) is 1. The molecule has 0 heterocycles. The lowest BCUT2D eigenvalue weighted by Gasteiger charge is -2.19. The van der Waals surface area contributed by atoms with Crippen molar-refractivity contribution >= 4 is 11.5 Å². The second kappa shape index (κ2) is 6.05. The van der Waals surface area contributed by atoms with Crippen molar-refractivity contribution in [2.24, 2.45) is 5.92 Å². The maximum absolute atomic E-state index is 10.9. The zero-order valence-corrected chi connectivity index (χ0v) is 12.5. The quantitative estimate of drug-likeness (QED) is 0.809. The largest absolute Gasteiger partial charge is 0.478 e. The average Bonchev–Trinajstić information content (AvgIpc) is 2.26. The molecule has 0 spiro atoms. The van der Waals surface area contributed by atoms with Crippen LogP contribution in [-0.4, -0.2) is 11.1 Å². The van der Waals surface area contributed by atoms with Gasteiger partial charge >= 0.3 is 5.97 Å². The van der Waals surface area contributed by atoms with Gasteiger partial charge < -0.3 is 5.11 Å². The minimum Gasteiger partial charge on any atom is -0.478 e. The lowest BCUT2D eigenvalue weighted by molar-refractivity contribution is -0.131. The van der Waals surface area contributed by atoms with E-state index in [-0.39, 0.29) is 5.41 Å². The van der Waals surface area contributed by atoms with E-state index in [4.69, 9.17) is 5.11 Å². The van der Waals surface area contributed by atoms with E-state index in [1.807, 2.05) is 12.1 Å². The lowest BCUT2D eigenvalue weighted by atomic mass is 9.85. The summed E-state index contributed by atoms with van der Waals surface area (Å²) >= 11 is 0. The molecule has 0 saturated carbocycles. The normalized spacial score (nSPS) is 12.8. The molecule has 104 valence electrons. The molecule has 0 aromatic heterocycles. The molecule has 0 bridgehead atoms. The van der Waals surface area contributed by atoms with Gasteiger partial charge in [0.1, 0.15) is 0 Å². The number of carbonyl (C=O) groups is 1. The smallest absolute Gasteiger partial charge is 0.328 e. The summed E-state index contributed by atoms with van der Waals surface area (Å²) in [6.07, 6.45) is 2.10. The summed E-state index contributed by atoms with van der Waals surface area (Å²) in [5.41, 5.74) is 3.27. The minimum absolute atomic E-state index is 0.118. The molecule has 19 heavy (non-hydrogen) atoms. The molecule has 0 aliphatic carbocycles. The van der Waals surface area contributed by atoms with Gasteiger partial charge in [0.05, 0.1) is 0 Å².